The van der Waals surface area contributed by atoms with Gasteiger partial charge >= 0.3 is 0 Å². The van der Waals surface area contributed by atoms with Crippen molar-refractivity contribution in [2.45, 2.75) is 19.1 Å². The van der Waals surface area contributed by atoms with E-state index in [4.69, 9.17) is 14.9 Å². The van der Waals surface area contributed by atoms with Crippen molar-refractivity contribution in [3.8, 4) is 0 Å². The molecule has 1 aliphatic rings. The van der Waals surface area contributed by atoms with E-state index >= 15 is 0 Å². The van der Waals surface area contributed by atoms with Crippen molar-refractivity contribution in [2.24, 2.45) is 10.7 Å². The molecule has 6 nitrogen and oxygen atoms in total. The molecule has 6 heteroatoms. The first-order chi connectivity index (χ1) is 9.58. The number of nitrogens with two attached hydrogens (primary N) is 1. The third kappa shape index (κ3) is 3.74. The van der Waals surface area contributed by atoms with Gasteiger partial charge < -0.3 is 19.8 Å². The Morgan fingerprint density at radius 1 is 1.60 bits per heavy atom. The van der Waals surface area contributed by atoms with Crippen LogP contribution in [0.1, 0.15) is 18.7 Å². The van der Waals surface area contributed by atoms with Crippen LogP contribution < -0.4 is 5.73 Å². The number of likely N-dealkylation sites (N-methyl/N-ethyl adjacent to an activating group) is 1. The lowest BCUT2D eigenvalue weighted by Crippen LogP contribution is -2.48. The zero-order valence-electron chi connectivity index (χ0n) is 12.5. The van der Waals surface area contributed by atoms with E-state index < -0.39 is 0 Å². The van der Waals surface area contributed by atoms with E-state index in [9.17, 15) is 0 Å². The molecule has 2 N–H and O–H groups in total. The standard InChI is InChI=1S/C14H24N4O2/c1-11-10-18(6-8-19-11)14(15)16-9-12(17(2)3)13-5-4-7-20-13/h4-5,7,11-12H,6,8-10H2,1-3H3,(H2,15,16). The number of guanidine groups is 1. The molecule has 1 aromatic heterocycles. The van der Waals surface area contributed by atoms with Crippen molar-refractivity contribution in [3.05, 3.63) is 24.2 Å². The first kappa shape index (κ1) is 14.9. The highest BCUT2D eigenvalue weighted by molar-refractivity contribution is 5.78. The number of rotatable bonds is 4. The molecular formula is C14H24N4O2. The number of morpholine rings is 1. The van der Waals surface area contributed by atoms with E-state index in [1.807, 2.05) is 33.2 Å². The van der Waals surface area contributed by atoms with Gasteiger partial charge in [-0.25, -0.2) is 0 Å². The second-order valence-corrected chi connectivity index (χ2v) is 5.32. The number of ether oxygens (including phenoxy) is 1. The lowest BCUT2D eigenvalue weighted by atomic mass is 10.2. The molecule has 2 atom stereocenters. The number of aliphatic imine (C=N–C) groups is 1. The molecule has 0 aromatic carbocycles. The van der Waals surface area contributed by atoms with E-state index in [-0.39, 0.29) is 12.1 Å². The zero-order valence-corrected chi connectivity index (χ0v) is 12.5. The first-order valence-corrected chi connectivity index (χ1v) is 6.94. The quantitative estimate of drug-likeness (QED) is 0.656. The minimum Gasteiger partial charge on any atom is -0.468 e. The molecule has 2 rings (SSSR count). The summed E-state index contributed by atoms with van der Waals surface area (Å²) in [5.41, 5.74) is 6.08. The van der Waals surface area contributed by atoms with Gasteiger partial charge in [0, 0.05) is 13.1 Å². The van der Waals surface area contributed by atoms with Crippen molar-refractivity contribution in [1.82, 2.24) is 9.80 Å². The summed E-state index contributed by atoms with van der Waals surface area (Å²) >= 11 is 0. The molecule has 0 spiro atoms. The number of furan rings is 1. The van der Waals surface area contributed by atoms with E-state index in [1.54, 1.807) is 6.26 Å². The van der Waals surface area contributed by atoms with Crippen LogP contribution in [0.25, 0.3) is 0 Å². The lowest BCUT2D eigenvalue weighted by molar-refractivity contribution is 0.00525. The Kier molecular flexibility index (Phi) is 5.03. The Labute approximate surface area is 120 Å². The first-order valence-electron chi connectivity index (χ1n) is 6.94. The van der Waals surface area contributed by atoms with Crippen molar-refractivity contribution >= 4 is 5.96 Å². The lowest BCUT2D eigenvalue weighted by Gasteiger charge is -2.32. The fourth-order valence-corrected chi connectivity index (χ4v) is 2.30. The summed E-state index contributed by atoms with van der Waals surface area (Å²) in [6.07, 6.45) is 1.88. The molecule has 0 radical (unpaired) electrons. The maximum absolute atomic E-state index is 6.08. The number of nitrogens with zero attached hydrogens (tertiary/aromatic N) is 3. The van der Waals surface area contributed by atoms with Crippen LogP contribution >= 0.6 is 0 Å². The summed E-state index contributed by atoms with van der Waals surface area (Å²) in [6.45, 7) is 4.92. The molecule has 112 valence electrons. The molecule has 1 saturated heterocycles. The van der Waals surface area contributed by atoms with Gasteiger partial charge in [-0.2, -0.15) is 0 Å². The summed E-state index contributed by atoms with van der Waals surface area (Å²) in [7, 11) is 4.02. The molecule has 1 aromatic rings. The molecule has 0 aliphatic carbocycles. The van der Waals surface area contributed by atoms with Crippen molar-refractivity contribution in [3.63, 3.8) is 0 Å². The van der Waals surface area contributed by atoms with E-state index in [0.717, 1.165) is 18.8 Å². The van der Waals surface area contributed by atoms with Gasteiger partial charge in [-0.1, -0.05) is 0 Å². The second kappa shape index (κ2) is 6.76. The summed E-state index contributed by atoms with van der Waals surface area (Å²) in [5.74, 6) is 1.49. The highest BCUT2D eigenvalue weighted by Gasteiger charge is 2.20. The molecule has 1 fully saturated rings. The van der Waals surface area contributed by atoms with Gasteiger partial charge in [-0.15, -0.1) is 0 Å². The summed E-state index contributed by atoms with van der Waals surface area (Å²) in [6, 6.07) is 3.96. The Bertz CT molecular complexity index is 430. The van der Waals surface area contributed by atoms with Crippen molar-refractivity contribution in [1.29, 1.82) is 0 Å². The maximum Gasteiger partial charge on any atom is 0.191 e. The fourth-order valence-electron chi connectivity index (χ4n) is 2.30. The minimum atomic E-state index is 0.0991. The third-order valence-electron chi connectivity index (χ3n) is 3.49. The van der Waals surface area contributed by atoms with E-state index in [1.165, 1.54) is 0 Å². The molecule has 0 saturated carbocycles. The SMILES string of the molecule is CC1CN(C(N)=NCC(c2ccco2)N(C)C)CCO1. The average Bonchev–Trinajstić information content (AvgIpc) is 2.92. The Morgan fingerprint density at radius 3 is 3.00 bits per heavy atom. The van der Waals surface area contributed by atoms with Gasteiger partial charge in [-0.05, 0) is 33.2 Å². The van der Waals surface area contributed by atoms with Gasteiger partial charge in [-0.3, -0.25) is 9.89 Å². The molecule has 2 unspecified atom stereocenters. The van der Waals surface area contributed by atoms with Gasteiger partial charge in [0.2, 0.25) is 0 Å². The number of hydrogen-bond donors (Lipinski definition) is 1. The van der Waals surface area contributed by atoms with Gasteiger partial charge in [0.25, 0.3) is 0 Å². The summed E-state index contributed by atoms with van der Waals surface area (Å²) in [4.78, 5) is 8.68. The van der Waals surface area contributed by atoms with Crippen LogP contribution in [0.2, 0.25) is 0 Å². The highest BCUT2D eigenvalue weighted by Crippen LogP contribution is 2.19. The van der Waals surface area contributed by atoms with Crippen LogP contribution in [-0.4, -0.2) is 62.2 Å². The molecule has 0 amide bonds. The van der Waals surface area contributed by atoms with Gasteiger partial charge in [0.05, 0.1) is 31.6 Å². The van der Waals surface area contributed by atoms with Crippen LogP contribution in [0.4, 0.5) is 0 Å². The smallest absolute Gasteiger partial charge is 0.191 e. The van der Waals surface area contributed by atoms with Crippen molar-refractivity contribution in [2.75, 3.05) is 40.3 Å². The Hall–Kier alpha value is -1.53. The molecule has 2 heterocycles. The van der Waals surface area contributed by atoms with Crippen LogP contribution in [0, 0.1) is 0 Å². The number of hydrogen-bond acceptors (Lipinski definition) is 4. The average molecular weight is 280 g/mol. The molecular weight excluding hydrogens is 256 g/mol. The second-order valence-electron chi connectivity index (χ2n) is 5.32. The predicted octanol–water partition coefficient (Wildman–Crippen LogP) is 0.918. The summed E-state index contributed by atoms with van der Waals surface area (Å²) < 4.78 is 11.0. The normalized spacial score (nSPS) is 22.3. The highest BCUT2D eigenvalue weighted by atomic mass is 16.5. The maximum atomic E-state index is 6.08. The minimum absolute atomic E-state index is 0.0991. The third-order valence-corrected chi connectivity index (χ3v) is 3.49. The van der Waals surface area contributed by atoms with E-state index in [0.29, 0.717) is 19.1 Å². The Morgan fingerprint density at radius 2 is 2.40 bits per heavy atom. The van der Waals surface area contributed by atoms with Crippen molar-refractivity contribution < 1.29 is 9.15 Å². The predicted molar refractivity (Wildman–Crippen MR) is 78.6 cm³/mol. The van der Waals surface area contributed by atoms with E-state index in [2.05, 4.69) is 14.8 Å². The largest absolute Gasteiger partial charge is 0.468 e. The summed E-state index contributed by atoms with van der Waals surface area (Å²) in [5, 5.41) is 0. The van der Waals surface area contributed by atoms with Crippen LogP contribution in [0.3, 0.4) is 0 Å². The monoisotopic (exact) mass is 280 g/mol. The fraction of sp³-hybridized carbons (Fsp3) is 0.643. The molecule has 0 bridgehead atoms. The topological polar surface area (TPSA) is 67.2 Å². The van der Waals surface area contributed by atoms with Gasteiger partial charge in [0.1, 0.15) is 5.76 Å². The van der Waals surface area contributed by atoms with Gasteiger partial charge in [0.15, 0.2) is 5.96 Å². The van der Waals surface area contributed by atoms with Crippen LogP contribution in [0.5, 0.6) is 0 Å². The molecule has 1 aliphatic heterocycles. The zero-order chi connectivity index (χ0) is 14.5. The molecule has 20 heavy (non-hydrogen) atoms. The Balaban J connectivity index is 1.98. The van der Waals surface area contributed by atoms with Crippen LogP contribution in [-0.2, 0) is 4.74 Å². The van der Waals surface area contributed by atoms with Crippen LogP contribution in [0.15, 0.2) is 27.8 Å².